The first-order chi connectivity index (χ1) is 6.20. The lowest BCUT2D eigenvalue weighted by Gasteiger charge is -2.16. The molecule has 0 spiro atoms. The Kier molecular flexibility index (Phi) is 8.89. The third kappa shape index (κ3) is 17.5. The van der Waals surface area contributed by atoms with Gasteiger partial charge < -0.3 is 5.73 Å². The van der Waals surface area contributed by atoms with Gasteiger partial charge in [-0.2, -0.15) is 0 Å². The zero-order valence-corrected chi connectivity index (χ0v) is 10.4. The van der Waals surface area contributed by atoms with Crippen molar-refractivity contribution in [2.75, 3.05) is 20.6 Å². The lowest BCUT2D eigenvalue weighted by atomic mass is 10.3. The molecular weight excluding hydrogens is 200 g/mol. The van der Waals surface area contributed by atoms with Gasteiger partial charge in [-0.05, 0) is 13.3 Å². The molecule has 0 bridgehead atoms. The summed E-state index contributed by atoms with van der Waals surface area (Å²) in [4.78, 5) is 9.82. The van der Waals surface area contributed by atoms with Gasteiger partial charge in [-0.15, -0.1) is 0 Å². The quantitative estimate of drug-likeness (QED) is 0.573. The van der Waals surface area contributed by atoms with Gasteiger partial charge >= 0.3 is 0 Å². The van der Waals surface area contributed by atoms with Crippen LogP contribution in [-0.2, 0) is 4.79 Å². The smallest absolute Gasteiger partial charge is 0.243 e. The number of carbonyl (C=O) groups excluding carboxylic acids is 1. The molecule has 0 aliphatic carbocycles. The first-order valence-corrected chi connectivity index (χ1v) is 5.02. The second-order valence-corrected chi connectivity index (χ2v) is 4.67. The van der Waals surface area contributed by atoms with Crippen molar-refractivity contribution in [3.63, 3.8) is 0 Å². The second kappa shape index (κ2) is 7.83. The monoisotopic (exact) mass is 221 g/mol. The van der Waals surface area contributed by atoms with Gasteiger partial charge in [0.05, 0.1) is 20.6 Å². The molecule has 0 fully saturated rings. The summed E-state index contributed by atoms with van der Waals surface area (Å²) in [5, 5.41) is 0. The highest BCUT2D eigenvalue weighted by atomic mass is 35.5. The largest absolute Gasteiger partial charge is 0.366 e. The Bertz CT molecular complexity index is 173. The predicted molar refractivity (Wildman–Crippen MR) is 61.7 cm³/mol. The van der Waals surface area contributed by atoms with Crippen LogP contribution in [-0.4, -0.2) is 30.5 Å². The van der Waals surface area contributed by atoms with Crippen LogP contribution in [0.1, 0.15) is 26.7 Å². The number of amides is 1. The zero-order valence-electron chi connectivity index (χ0n) is 9.64. The molecule has 3 nitrogen and oxygen atoms in total. The van der Waals surface area contributed by atoms with Crippen molar-refractivity contribution in [2.24, 2.45) is 5.73 Å². The van der Waals surface area contributed by atoms with E-state index in [2.05, 4.69) is 13.5 Å². The van der Waals surface area contributed by atoms with Crippen molar-refractivity contribution in [2.45, 2.75) is 26.7 Å². The molecule has 0 aromatic carbocycles. The van der Waals surface area contributed by atoms with Crippen molar-refractivity contribution in [3.05, 3.63) is 12.2 Å². The molecule has 14 heavy (non-hydrogen) atoms. The lowest BCUT2D eigenvalue weighted by molar-refractivity contribution is -0.771. The average molecular weight is 222 g/mol. The van der Waals surface area contributed by atoms with Crippen LogP contribution in [0.5, 0.6) is 0 Å². The predicted octanol–water partition coefficient (Wildman–Crippen LogP) is 2.06. The number of rotatable bonds is 4. The summed E-state index contributed by atoms with van der Waals surface area (Å²) in [6.45, 7) is 8.09. The Morgan fingerprint density at radius 1 is 1.50 bits per heavy atom. The van der Waals surface area contributed by atoms with E-state index in [0.717, 1.165) is 6.54 Å². The second-order valence-electron chi connectivity index (χ2n) is 3.76. The third-order valence-electron chi connectivity index (χ3n) is 1.46. The maximum atomic E-state index is 9.82. The van der Waals surface area contributed by atoms with Gasteiger partial charge in [-0.25, -0.2) is 4.00 Å². The summed E-state index contributed by atoms with van der Waals surface area (Å²) in [6.07, 6.45) is 2.45. The number of halogens is 1. The molecule has 0 aromatic rings. The Labute approximate surface area is 92.2 Å². The van der Waals surface area contributed by atoms with Crippen LogP contribution in [0.25, 0.3) is 0 Å². The number of primary amides is 1. The molecule has 1 amide bonds. The molecule has 2 N–H and O–H groups in total. The lowest BCUT2D eigenvalue weighted by Crippen LogP contribution is -2.28. The van der Waals surface area contributed by atoms with E-state index in [9.17, 15) is 4.79 Å². The van der Waals surface area contributed by atoms with Crippen molar-refractivity contribution >= 4 is 17.7 Å². The van der Waals surface area contributed by atoms with E-state index in [0.29, 0.717) is 9.58 Å². The highest BCUT2D eigenvalue weighted by Crippen LogP contribution is 2.04. The highest BCUT2D eigenvalue weighted by Gasteiger charge is 2.08. The van der Waals surface area contributed by atoms with Crippen LogP contribution in [0.3, 0.4) is 0 Å². The van der Waals surface area contributed by atoms with Gasteiger partial charge in [0.15, 0.2) is 11.8 Å². The molecule has 0 atom stereocenters. The van der Waals surface area contributed by atoms with Crippen LogP contribution < -0.4 is 5.73 Å². The molecule has 0 saturated heterocycles. The fourth-order valence-corrected chi connectivity index (χ4v) is 0.654. The summed E-state index contributed by atoms with van der Waals surface area (Å²) in [5.41, 5.74) is 5.09. The van der Waals surface area contributed by atoms with Crippen molar-refractivity contribution in [3.8, 4) is 0 Å². The number of quaternary nitrogens is 1. The molecular formula is C10H22ClN2O+. The Morgan fingerprint density at radius 2 is 1.86 bits per heavy atom. The number of hydrogen-bond acceptors (Lipinski definition) is 1. The number of nitrogens with zero attached hydrogens (tertiary/aromatic N) is 1. The fourth-order valence-electron chi connectivity index (χ4n) is 0.534. The molecule has 0 saturated carbocycles. The molecule has 0 aromatic heterocycles. The summed E-state index contributed by atoms with van der Waals surface area (Å²) in [6, 6.07) is 0. The van der Waals surface area contributed by atoms with E-state index in [4.69, 9.17) is 17.5 Å². The van der Waals surface area contributed by atoms with Gasteiger partial charge in [0.2, 0.25) is 5.91 Å². The first-order valence-electron chi connectivity index (χ1n) is 4.68. The van der Waals surface area contributed by atoms with Gasteiger partial charge in [-0.1, -0.05) is 19.9 Å². The van der Waals surface area contributed by atoms with Crippen molar-refractivity contribution < 1.29 is 8.80 Å². The minimum Gasteiger partial charge on any atom is -0.366 e. The van der Waals surface area contributed by atoms with Crippen LogP contribution in [0, 0.1) is 0 Å². The average Bonchev–Trinajstić information content (AvgIpc) is 2.00. The minimum absolute atomic E-state index is 0.398. The summed E-state index contributed by atoms with van der Waals surface area (Å²) >= 11 is 5.85. The van der Waals surface area contributed by atoms with E-state index in [1.807, 2.05) is 14.1 Å². The molecule has 0 unspecified atom stereocenters. The topological polar surface area (TPSA) is 43.1 Å². The molecule has 84 valence electrons. The van der Waals surface area contributed by atoms with Gasteiger partial charge in [-0.3, -0.25) is 4.79 Å². The van der Waals surface area contributed by atoms with Crippen molar-refractivity contribution in [1.82, 2.24) is 0 Å². The Morgan fingerprint density at radius 3 is 1.93 bits per heavy atom. The molecule has 4 heteroatoms. The molecule has 0 radical (unpaired) electrons. The van der Waals surface area contributed by atoms with Gasteiger partial charge in [0, 0.05) is 5.57 Å². The maximum absolute atomic E-state index is 9.82. The van der Waals surface area contributed by atoms with E-state index < -0.39 is 5.91 Å². The van der Waals surface area contributed by atoms with E-state index >= 15 is 0 Å². The minimum atomic E-state index is -0.435. The number of carbonyl (C=O) groups is 1. The third-order valence-corrected chi connectivity index (χ3v) is 1.63. The normalized spacial score (nSPS) is 10.1. The van der Waals surface area contributed by atoms with Crippen LogP contribution >= 0.6 is 11.8 Å². The van der Waals surface area contributed by atoms with Crippen LogP contribution in [0.4, 0.5) is 0 Å². The van der Waals surface area contributed by atoms with Crippen LogP contribution in [0.15, 0.2) is 12.2 Å². The van der Waals surface area contributed by atoms with Crippen LogP contribution in [0.2, 0.25) is 0 Å². The van der Waals surface area contributed by atoms with Crippen molar-refractivity contribution in [1.29, 1.82) is 0 Å². The standard InChI is InChI=1S/C6H15ClN.C4H7NO/c1-4-5-6-8(2,3)7;1-3(2)4(5)6/h4-6H2,1-3H3;1H2,2H3,(H2,5,6)/q+1;. The number of hydrogen-bond donors (Lipinski definition) is 1. The van der Waals surface area contributed by atoms with Gasteiger partial charge in [0.25, 0.3) is 0 Å². The van der Waals surface area contributed by atoms with E-state index in [1.165, 1.54) is 12.8 Å². The molecule has 0 rings (SSSR count). The maximum Gasteiger partial charge on any atom is 0.243 e. The van der Waals surface area contributed by atoms with E-state index in [1.54, 1.807) is 6.92 Å². The first kappa shape index (κ1) is 15.9. The molecule has 0 heterocycles. The summed E-state index contributed by atoms with van der Waals surface area (Å²) in [7, 11) is 3.99. The highest BCUT2D eigenvalue weighted by molar-refractivity contribution is 6.06. The Hall–Kier alpha value is -0.540. The number of nitrogens with two attached hydrogens (primary N) is 1. The number of unbranched alkanes of at least 4 members (excludes halogenated alkanes) is 1. The fraction of sp³-hybridized carbons (Fsp3) is 0.700. The SMILES string of the molecule is C=C(C)C(N)=O.CCCC[N+](C)(C)Cl. The molecule has 0 aliphatic rings. The van der Waals surface area contributed by atoms with Gasteiger partial charge in [0.1, 0.15) is 0 Å². The molecule has 0 aliphatic heterocycles. The summed E-state index contributed by atoms with van der Waals surface area (Å²) in [5.74, 6) is -0.435. The Balaban J connectivity index is 0. The zero-order chi connectivity index (χ0) is 11.8. The van der Waals surface area contributed by atoms with E-state index in [-0.39, 0.29) is 0 Å². The summed E-state index contributed by atoms with van der Waals surface area (Å²) < 4.78 is 0.577.